The lowest BCUT2D eigenvalue weighted by Crippen LogP contribution is -2.34. The first kappa shape index (κ1) is 26.8. The number of pyridine rings is 1. The summed E-state index contributed by atoms with van der Waals surface area (Å²) >= 11 is 0. The van der Waals surface area contributed by atoms with Gasteiger partial charge in [0.1, 0.15) is 18.8 Å². The van der Waals surface area contributed by atoms with Gasteiger partial charge in [0.15, 0.2) is 5.82 Å². The van der Waals surface area contributed by atoms with Gasteiger partial charge in [0.25, 0.3) is 5.88 Å². The molecule has 1 N–H and O–H groups in total. The zero-order valence-electron chi connectivity index (χ0n) is 21.4. The molecule has 1 aliphatic rings. The largest absolute Gasteiger partial charge is 0.473 e. The monoisotopic (exact) mass is 553 g/mol. The van der Waals surface area contributed by atoms with E-state index >= 15 is 0 Å². The SMILES string of the molecule is CC(C)(COc1ncc(Nc2ncnc3c2CCN(c2ccc(C#N)c(C(F)(F)F)c2)C3)cc1F)n1ccnn1. The summed E-state index contributed by atoms with van der Waals surface area (Å²) in [5.41, 5.74) is 0.0567. The molecule has 0 unspecified atom stereocenters. The van der Waals surface area contributed by atoms with E-state index in [1.54, 1.807) is 28.0 Å². The maximum absolute atomic E-state index is 14.8. The van der Waals surface area contributed by atoms with E-state index in [1.807, 2.05) is 13.8 Å². The van der Waals surface area contributed by atoms with Crippen LogP contribution in [-0.4, -0.2) is 43.1 Å². The summed E-state index contributed by atoms with van der Waals surface area (Å²) in [4.78, 5) is 14.4. The van der Waals surface area contributed by atoms with Crippen molar-refractivity contribution >= 4 is 17.2 Å². The third kappa shape index (κ3) is 5.49. The number of nitrogens with one attached hydrogen (secondary N) is 1. The number of fused-ring (bicyclic) bond motifs is 1. The van der Waals surface area contributed by atoms with Crippen LogP contribution in [0.5, 0.6) is 5.88 Å². The van der Waals surface area contributed by atoms with Gasteiger partial charge in [-0.3, -0.25) is 0 Å². The van der Waals surface area contributed by atoms with E-state index in [9.17, 15) is 17.6 Å². The van der Waals surface area contributed by atoms with Gasteiger partial charge in [-0.15, -0.1) is 5.10 Å². The fourth-order valence-electron chi connectivity index (χ4n) is 4.32. The van der Waals surface area contributed by atoms with Crippen LogP contribution in [0.25, 0.3) is 0 Å². The highest BCUT2D eigenvalue weighted by Crippen LogP contribution is 2.36. The summed E-state index contributed by atoms with van der Waals surface area (Å²) in [5, 5.41) is 19.9. The highest BCUT2D eigenvalue weighted by Gasteiger charge is 2.34. The van der Waals surface area contributed by atoms with Gasteiger partial charge in [-0.25, -0.2) is 24.0 Å². The Balaban J connectivity index is 1.30. The lowest BCUT2D eigenvalue weighted by Gasteiger charge is -2.31. The van der Waals surface area contributed by atoms with Gasteiger partial charge in [0.2, 0.25) is 0 Å². The Bertz CT molecular complexity index is 1570. The minimum atomic E-state index is -4.65. The highest BCUT2D eigenvalue weighted by atomic mass is 19.4. The second-order valence-electron chi connectivity index (χ2n) is 9.74. The lowest BCUT2D eigenvalue weighted by atomic mass is 10.0. The van der Waals surface area contributed by atoms with Crippen molar-refractivity contribution in [3.8, 4) is 11.9 Å². The minimum absolute atomic E-state index is 0.104. The van der Waals surface area contributed by atoms with Gasteiger partial charge in [-0.05, 0) is 38.5 Å². The predicted octanol–water partition coefficient (Wildman–Crippen LogP) is 4.61. The Morgan fingerprint density at radius 1 is 1.15 bits per heavy atom. The number of hydrogen-bond acceptors (Lipinski definition) is 9. The Labute approximate surface area is 226 Å². The van der Waals surface area contributed by atoms with Gasteiger partial charge in [0, 0.05) is 30.1 Å². The number of rotatable bonds is 7. The maximum Gasteiger partial charge on any atom is 0.417 e. The number of benzene rings is 1. The molecule has 4 heterocycles. The quantitative estimate of drug-likeness (QED) is 0.327. The minimum Gasteiger partial charge on any atom is -0.473 e. The standard InChI is InChI=1S/C26H23F4N9O/c1-25(2,39-8-6-35-37-39)14-40-24-21(27)9-17(12-32-24)36-23-19-5-7-38(13-22(19)33-15-34-23)18-4-3-16(11-31)20(10-18)26(28,29)30/h3-4,6,8-10,12,15H,5,7,13-14H2,1-2H3,(H,33,34,36). The van der Waals surface area contributed by atoms with E-state index < -0.39 is 28.7 Å². The topological polar surface area (TPSA) is 118 Å². The summed E-state index contributed by atoms with van der Waals surface area (Å²) in [7, 11) is 0. The van der Waals surface area contributed by atoms with E-state index in [0.29, 0.717) is 35.9 Å². The molecule has 0 spiro atoms. The number of nitriles is 1. The number of ether oxygens (including phenoxy) is 1. The Morgan fingerprint density at radius 3 is 2.67 bits per heavy atom. The zero-order chi connectivity index (χ0) is 28.5. The molecule has 0 amide bonds. The number of halogens is 4. The first-order valence-corrected chi connectivity index (χ1v) is 12.2. The average molecular weight is 554 g/mol. The average Bonchev–Trinajstić information content (AvgIpc) is 3.48. The van der Waals surface area contributed by atoms with E-state index in [4.69, 9.17) is 10.00 Å². The van der Waals surface area contributed by atoms with E-state index in [0.717, 1.165) is 11.6 Å². The maximum atomic E-state index is 14.8. The van der Waals surface area contributed by atoms with Crippen LogP contribution >= 0.6 is 0 Å². The lowest BCUT2D eigenvalue weighted by molar-refractivity contribution is -0.137. The molecule has 0 atom stereocenters. The van der Waals surface area contributed by atoms with Crippen LogP contribution in [0.4, 0.5) is 34.8 Å². The van der Waals surface area contributed by atoms with Crippen molar-refractivity contribution in [2.75, 3.05) is 23.4 Å². The second-order valence-corrected chi connectivity index (χ2v) is 9.74. The Morgan fingerprint density at radius 2 is 1.98 bits per heavy atom. The number of nitrogens with zero attached hydrogens (tertiary/aromatic N) is 8. The highest BCUT2D eigenvalue weighted by molar-refractivity contribution is 5.62. The Hall–Kier alpha value is -4.80. The van der Waals surface area contributed by atoms with Crippen LogP contribution in [0.1, 0.15) is 36.2 Å². The number of anilines is 3. The fourth-order valence-corrected chi connectivity index (χ4v) is 4.32. The third-order valence-electron chi connectivity index (χ3n) is 6.48. The van der Waals surface area contributed by atoms with Crippen LogP contribution in [0, 0.1) is 17.1 Å². The zero-order valence-corrected chi connectivity index (χ0v) is 21.4. The van der Waals surface area contributed by atoms with Gasteiger partial charge in [-0.1, -0.05) is 5.21 Å². The number of hydrogen-bond donors (Lipinski definition) is 1. The second kappa shape index (κ2) is 10.4. The van der Waals surface area contributed by atoms with Crippen molar-refractivity contribution in [3.63, 3.8) is 0 Å². The first-order valence-electron chi connectivity index (χ1n) is 12.2. The van der Waals surface area contributed by atoms with Crippen LogP contribution in [-0.2, 0) is 24.7 Å². The van der Waals surface area contributed by atoms with Gasteiger partial charge < -0.3 is 15.0 Å². The molecule has 0 saturated heterocycles. The molecule has 40 heavy (non-hydrogen) atoms. The molecule has 0 fully saturated rings. The molecular formula is C26H23F4N9O. The summed E-state index contributed by atoms with van der Waals surface area (Å²) in [6.45, 7) is 4.46. The van der Waals surface area contributed by atoms with E-state index in [1.165, 1.54) is 30.7 Å². The van der Waals surface area contributed by atoms with E-state index in [-0.39, 0.29) is 19.0 Å². The molecule has 5 rings (SSSR count). The van der Waals surface area contributed by atoms with Crippen molar-refractivity contribution < 1.29 is 22.3 Å². The predicted molar refractivity (Wildman–Crippen MR) is 135 cm³/mol. The molecule has 1 aliphatic heterocycles. The summed E-state index contributed by atoms with van der Waals surface area (Å²) in [6, 6.07) is 6.48. The van der Waals surface area contributed by atoms with Gasteiger partial charge in [-0.2, -0.15) is 18.4 Å². The van der Waals surface area contributed by atoms with Crippen LogP contribution < -0.4 is 15.0 Å². The van der Waals surface area contributed by atoms with Crippen LogP contribution in [0.3, 0.4) is 0 Å². The van der Waals surface area contributed by atoms with Gasteiger partial charge in [0.05, 0.1) is 53.1 Å². The normalized spacial score (nSPS) is 13.5. The van der Waals surface area contributed by atoms with Gasteiger partial charge >= 0.3 is 6.18 Å². The third-order valence-corrected chi connectivity index (χ3v) is 6.48. The molecule has 14 heteroatoms. The molecule has 4 aromatic rings. The molecule has 0 bridgehead atoms. The molecule has 0 radical (unpaired) electrons. The van der Waals surface area contributed by atoms with Crippen LogP contribution in [0.2, 0.25) is 0 Å². The van der Waals surface area contributed by atoms with Crippen molar-refractivity contribution in [2.24, 2.45) is 0 Å². The summed E-state index contributed by atoms with van der Waals surface area (Å²) < 4.78 is 62.4. The van der Waals surface area contributed by atoms with Crippen LogP contribution in [0.15, 0.2) is 49.2 Å². The molecular weight excluding hydrogens is 530 g/mol. The summed E-state index contributed by atoms with van der Waals surface area (Å²) in [5.74, 6) is -0.392. The van der Waals surface area contributed by atoms with E-state index in [2.05, 4.69) is 30.6 Å². The van der Waals surface area contributed by atoms with Crippen molar-refractivity contribution in [2.45, 2.75) is 38.5 Å². The molecule has 3 aromatic heterocycles. The van der Waals surface area contributed by atoms with Crippen molar-refractivity contribution in [3.05, 3.63) is 77.4 Å². The summed E-state index contributed by atoms with van der Waals surface area (Å²) in [6.07, 6.45) is 1.75. The molecule has 1 aromatic carbocycles. The molecule has 0 saturated carbocycles. The first-order chi connectivity index (χ1) is 19.0. The number of aromatic nitrogens is 6. The molecule has 0 aliphatic carbocycles. The molecule has 10 nitrogen and oxygen atoms in total. The smallest absolute Gasteiger partial charge is 0.417 e. The number of alkyl halides is 3. The molecule has 206 valence electrons. The van der Waals surface area contributed by atoms with Crippen molar-refractivity contribution in [1.29, 1.82) is 5.26 Å². The van der Waals surface area contributed by atoms with Crippen molar-refractivity contribution in [1.82, 2.24) is 29.9 Å². The fraction of sp³-hybridized carbons (Fsp3) is 0.308. The Kier molecular flexibility index (Phi) is 6.97.